The molecule has 0 amide bonds. The lowest BCUT2D eigenvalue weighted by atomic mass is 9.94. The Bertz CT molecular complexity index is 429. The maximum Gasteiger partial charge on any atom is 0.0513 e. The lowest BCUT2D eigenvalue weighted by molar-refractivity contribution is 0.123. The van der Waals surface area contributed by atoms with Crippen LogP contribution in [-0.4, -0.2) is 23.5 Å². The second-order valence-electron chi connectivity index (χ2n) is 6.27. The molecule has 1 fully saturated rings. The van der Waals surface area contributed by atoms with Gasteiger partial charge in [-0.1, -0.05) is 41.1 Å². The van der Waals surface area contributed by atoms with Crippen LogP contribution in [0.2, 0.25) is 0 Å². The minimum Gasteiger partial charge on any atom is -0.326 e. The van der Waals surface area contributed by atoms with E-state index in [2.05, 4.69) is 65.9 Å². The zero-order chi connectivity index (χ0) is 14.7. The molecule has 0 heterocycles. The van der Waals surface area contributed by atoms with Crippen LogP contribution in [0.1, 0.15) is 51.6 Å². The van der Waals surface area contributed by atoms with Crippen LogP contribution in [0.25, 0.3) is 0 Å². The highest BCUT2D eigenvalue weighted by atomic mass is 79.9. The summed E-state index contributed by atoms with van der Waals surface area (Å²) in [6.07, 6.45) is 3.76. The maximum absolute atomic E-state index is 6.49. The van der Waals surface area contributed by atoms with E-state index in [4.69, 9.17) is 5.73 Å². The van der Waals surface area contributed by atoms with Crippen LogP contribution >= 0.6 is 15.9 Å². The van der Waals surface area contributed by atoms with Crippen molar-refractivity contribution in [3.8, 4) is 0 Å². The second-order valence-corrected chi connectivity index (χ2v) is 7.13. The summed E-state index contributed by atoms with van der Waals surface area (Å²) >= 11 is 3.71. The lowest BCUT2D eigenvalue weighted by Gasteiger charge is -2.39. The maximum atomic E-state index is 6.49. The minimum atomic E-state index is 0.176. The van der Waals surface area contributed by atoms with E-state index in [9.17, 15) is 0 Å². The van der Waals surface area contributed by atoms with Gasteiger partial charge in [-0.3, -0.25) is 4.90 Å². The van der Waals surface area contributed by atoms with Crippen LogP contribution in [-0.2, 0) is 0 Å². The van der Waals surface area contributed by atoms with Gasteiger partial charge in [-0.05, 0) is 50.7 Å². The Morgan fingerprint density at radius 2 is 1.95 bits per heavy atom. The fraction of sp³-hybridized carbons (Fsp3) is 0.647. The third kappa shape index (κ3) is 3.84. The van der Waals surface area contributed by atoms with Gasteiger partial charge in [0.25, 0.3) is 0 Å². The molecule has 0 bridgehead atoms. The quantitative estimate of drug-likeness (QED) is 0.800. The van der Waals surface area contributed by atoms with Gasteiger partial charge >= 0.3 is 0 Å². The number of rotatable bonds is 7. The van der Waals surface area contributed by atoms with Crippen LogP contribution in [0.3, 0.4) is 0 Å². The zero-order valence-corrected chi connectivity index (χ0v) is 14.4. The van der Waals surface area contributed by atoms with Gasteiger partial charge in [0.2, 0.25) is 0 Å². The highest BCUT2D eigenvalue weighted by molar-refractivity contribution is 9.10. The van der Waals surface area contributed by atoms with Gasteiger partial charge in [0.1, 0.15) is 0 Å². The molecule has 1 aliphatic carbocycles. The largest absolute Gasteiger partial charge is 0.326 e. The predicted molar refractivity (Wildman–Crippen MR) is 89.7 cm³/mol. The van der Waals surface area contributed by atoms with Crippen molar-refractivity contribution in [2.24, 2.45) is 11.7 Å². The Balaban J connectivity index is 2.31. The normalized spacial score (nSPS) is 18.6. The Morgan fingerprint density at radius 1 is 1.30 bits per heavy atom. The fourth-order valence-electron chi connectivity index (χ4n) is 2.84. The molecule has 2 rings (SSSR count). The van der Waals surface area contributed by atoms with E-state index < -0.39 is 0 Å². The molecule has 112 valence electrons. The third-order valence-electron chi connectivity index (χ3n) is 4.29. The second kappa shape index (κ2) is 7.06. The summed E-state index contributed by atoms with van der Waals surface area (Å²) in [4.78, 5) is 2.60. The summed E-state index contributed by atoms with van der Waals surface area (Å²) in [7, 11) is 0. The number of nitrogens with two attached hydrogens (primary N) is 1. The van der Waals surface area contributed by atoms with Crippen molar-refractivity contribution < 1.29 is 0 Å². The molecule has 2 nitrogen and oxygen atoms in total. The zero-order valence-electron chi connectivity index (χ0n) is 12.8. The summed E-state index contributed by atoms with van der Waals surface area (Å²) in [5.41, 5.74) is 7.82. The van der Waals surface area contributed by atoms with E-state index >= 15 is 0 Å². The molecule has 2 atom stereocenters. The highest BCUT2D eigenvalue weighted by Gasteiger charge is 2.33. The van der Waals surface area contributed by atoms with Crippen molar-refractivity contribution in [2.45, 2.75) is 58.2 Å². The average Bonchev–Trinajstić information content (AvgIpc) is 3.23. The molecule has 1 aromatic carbocycles. The van der Waals surface area contributed by atoms with Gasteiger partial charge in [0, 0.05) is 23.1 Å². The third-order valence-corrected chi connectivity index (χ3v) is 5.01. The van der Waals surface area contributed by atoms with E-state index in [0.29, 0.717) is 12.1 Å². The SMILES string of the molecule is CCC(N)C(c1ccccc1Br)N(CC1CC1)C(C)C. The molecule has 1 saturated carbocycles. The van der Waals surface area contributed by atoms with Crippen molar-refractivity contribution >= 4 is 15.9 Å². The molecule has 0 aromatic heterocycles. The minimum absolute atomic E-state index is 0.176. The Kier molecular flexibility index (Phi) is 5.65. The van der Waals surface area contributed by atoms with Crippen molar-refractivity contribution in [2.75, 3.05) is 6.54 Å². The number of nitrogens with zero attached hydrogens (tertiary/aromatic N) is 1. The first-order valence-electron chi connectivity index (χ1n) is 7.80. The predicted octanol–water partition coefficient (Wildman–Crippen LogP) is 4.35. The smallest absolute Gasteiger partial charge is 0.0513 e. The molecule has 1 aliphatic rings. The van der Waals surface area contributed by atoms with E-state index in [1.54, 1.807) is 0 Å². The summed E-state index contributed by atoms with van der Waals surface area (Å²) in [5, 5.41) is 0. The van der Waals surface area contributed by atoms with E-state index in [1.165, 1.54) is 29.4 Å². The highest BCUT2D eigenvalue weighted by Crippen LogP contribution is 2.37. The molecule has 20 heavy (non-hydrogen) atoms. The molecule has 0 aliphatic heterocycles. The van der Waals surface area contributed by atoms with Gasteiger partial charge in [-0.2, -0.15) is 0 Å². The molecule has 3 heteroatoms. The van der Waals surface area contributed by atoms with Crippen LogP contribution in [0.4, 0.5) is 0 Å². The van der Waals surface area contributed by atoms with Gasteiger partial charge < -0.3 is 5.73 Å². The molecular weight excluding hydrogens is 312 g/mol. The van der Waals surface area contributed by atoms with Crippen molar-refractivity contribution in [3.63, 3.8) is 0 Å². The molecule has 1 aromatic rings. The van der Waals surface area contributed by atoms with Crippen molar-refractivity contribution in [3.05, 3.63) is 34.3 Å². The van der Waals surface area contributed by atoms with E-state index in [-0.39, 0.29) is 6.04 Å². The lowest BCUT2D eigenvalue weighted by Crippen LogP contribution is -2.45. The van der Waals surface area contributed by atoms with E-state index in [0.717, 1.165) is 12.3 Å². The summed E-state index contributed by atoms with van der Waals surface area (Å²) in [6, 6.07) is 9.53. The molecular formula is C17H27BrN2. The van der Waals surface area contributed by atoms with Crippen molar-refractivity contribution in [1.29, 1.82) is 0 Å². The number of hydrogen-bond acceptors (Lipinski definition) is 2. The Labute approximate surface area is 131 Å². The van der Waals surface area contributed by atoms with Gasteiger partial charge in [-0.15, -0.1) is 0 Å². The molecule has 2 unspecified atom stereocenters. The van der Waals surface area contributed by atoms with Crippen LogP contribution in [0.5, 0.6) is 0 Å². The number of halogens is 1. The first kappa shape index (κ1) is 16.0. The van der Waals surface area contributed by atoms with Crippen LogP contribution in [0.15, 0.2) is 28.7 Å². The first-order chi connectivity index (χ1) is 9.54. The average molecular weight is 339 g/mol. The van der Waals surface area contributed by atoms with E-state index in [1.807, 2.05) is 0 Å². The number of benzene rings is 1. The standard InChI is InChI=1S/C17H27BrN2/c1-4-16(19)17(14-7-5-6-8-15(14)18)20(12(2)3)11-13-9-10-13/h5-8,12-13,16-17H,4,9-11,19H2,1-3H3. The van der Waals surface area contributed by atoms with Gasteiger partial charge in [0.15, 0.2) is 0 Å². The Morgan fingerprint density at radius 3 is 2.45 bits per heavy atom. The summed E-state index contributed by atoms with van der Waals surface area (Å²) in [6.45, 7) is 7.94. The molecule has 0 spiro atoms. The van der Waals surface area contributed by atoms with Gasteiger partial charge in [0.05, 0.1) is 6.04 Å². The first-order valence-corrected chi connectivity index (χ1v) is 8.59. The molecule has 0 saturated heterocycles. The monoisotopic (exact) mass is 338 g/mol. The summed E-state index contributed by atoms with van der Waals surface area (Å²) < 4.78 is 1.18. The van der Waals surface area contributed by atoms with Crippen LogP contribution in [0, 0.1) is 5.92 Å². The molecule has 2 N–H and O–H groups in total. The fourth-order valence-corrected chi connectivity index (χ4v) is 3.36. The Hall–Kier alpha value is -0.380. The molecule has 0 radical (unpaired) electrons. The summed E-state index contributed by atoms with van der Waals surface area (Å²) in [5.74, 6) is 0.881. The number of hydrogen-bond donors (Lipinski definition) is 1. The topological polar surface area (TPSA) is 29.3 Å². The van der Waals surface area contributed by atoms with Crippen LogP contribution < -0.4 is 5.73 Å². The van der Waals surface area contributed by atoms with Crippen molar-refractivity contribution in [1.82, 2.24) is 4.90 Å². The van der Waals surface area contributed by atoms with Gasteiger partial charge in [-0.25, -0.2) is 0 Å².